The summed E-state index contributed by atoms with van der Waals surface area (Å²) in [4.78, 5) is 28.1. The molecule has 0 radical (unpaired) electrons. The van der Waals surface area contributed by atoms with E-state index in [1.165, 1.54) is 11.8 Å². The lowest BCUT2D eigenvalue weighted by molar-refractivity contribution is -0.124. The molecule has 0 saturated heterocycles. The van der Waals surface area contributed by atoms with Crippen molar-refractivity contribution in [1.82, 2.24) is 10.3 Å². The molecule has 1 aromatic carbocycles. The van der Waals surface area contributed by atoms with Gasteiger partial charge >= 0.3 is 5.97 Å². The summed E-state index contributed by atoms with van der Waals surface area (Å²) >= 11 is 1.34. The average molecular weight is 374 g/mol. The second-order valence-corrected chi connectivity index (χ2v) is 6.23. The first-order valence-corrected chi connectivity index (χ1v) is 9.21. The van der Waals surface area contributed by atoms with Crippen LogP contribution < -0.4 is 14.8 Å². The van der Waals surface area contributed by atoms with E-state index in [4.69, 9.17) is 14.2 Å². The molecular formula is C18H18N2O5S. The Balaban J connectivity index is 1.44. The summed E-state index contributed by atoms with van der Waals surface area (Å²) in [5.74, 6) is 0.342. The fraction of sp³-hybridized carbons (Fsp3) is 0.278. The van der Waals surface area contributed by atoms with Crippen LogP contribution in [0.2, 0.25) is 0 Å². The molecular weight excluding hydrogens is 356 g/mol. The molecule has 1 atom stereocenters. The normalized spacial score (nSPS) is 15.2. The van der Waals surface area contributed by atoms with Crippen LogP contribution >= 0.6 is 11.8 Å². The highest BCUT2D eigenvalue weighted by Crippen LogP contribution is 2.30. The zero-order chi connectivity index (χ0) is 18.4. The summed E-state index contributed by atoms with van der Waals surface area (Å²) < 4.78 is 16.4. The highest BCUT2D eigenvalue weighted by Gasteiger charge is 2.21. The predicted molar refractivity (Wildman–Crippen MR) is 95.7 cm³/mol. The number of carbonyl (C=O) groups excluding carboxylic acids is 2. The smallest absolute Gasteiger partial charge is 0.341 e. The molecule has 0 aliphatic carbocycles. The van der Waals surface area contributed by atoms with Gasteiger partial charge in [-0.25, -0.2) is 9.78 Å². The predicted octanol–water partition coefficient (Wildman–Crippen LogP) is 1.92. The summed E-state index contributed by atoms with van der Waals surface area (Å²) in [6.45, 7) is 0.225. The lowest BCUT2D eigenvalue weighted by Gasteiger charge is -2.26. The van der Waals surface area contributed by atoms with Crippen molar-refractivity contribution in [3.63, 3.8) is 0 Å². The summed E-state index contributed by atoms with van der Waals surface area (Å²) in [5.41, 5.74) is 0.341. The highest BCUT2D eigenvalue weighted by atomic mass is 32.2. The minimum absolute atomic E-state index is 0.258. The number of aromatic nitrogens is 1. The van der Waals surface area contributed by atoms with E-state index in [0.29, 0.717) is 28.7 Å². The van der Waals surface area contributed by atoms with Crippen LogP contribution in [0.4, 0.5) is 0 Å². The highest BCUT2D eigenvalue weighted by molar-refractivity contribution is 7.98. The van der Waals surface area contributed by atoms with Crippen molar-refractivity contribution in [2.45, 2.75) is 11.1 Å². The standard InChI is InChI=1S/C18H18N2O5S/c1-26-17-13(5-4-8-19-17)18(22)24-11-16(21)20-9-12-10-23-14-6-2-3-7-15(14)25-12/h2-8,12H,9-11H2,1H3,(H,20,21). The Morgan fingerprint density at radius 3 is 2.88 bits per heavy atom. The Bertz CT molecular complexity index is 799. The van der Waals surface area contributed by atoms with Gasteiger partial charge in [0, 0.05) is 6.20 Å². The van der Waals surface area contributed by atoms with E-state index in [1.807, 2.05) is 30.5 Å². The maximum Gasteiger partial charge on any atom is 0.341 e. The fourth-order valence-corrected chi connectivity index (χ4v) is 2.90. The zero-order valence-electron chi connectivity index (χ0n) is 14.1. The van der Waals surface area contributed by atoms with E-state index in [1.54, 1.807) is 18.3 Å². The maximum atomic E-state index is 12.1. The van der Waals surface area contributed by atoms with Gasteiger partial charge in [0.2, 0.25) is 0 Å². The number of esters is 1. The van der Waals surface area contributed by atoms with Gasteiger partial charge in [-0.05, 0) is 30.5 Å². The van der Waals surface area contributed by atoms with Gasteiger partial charge in [-0.3, -0.25) is 4.79 Å². The van der Waals surface area contributed by atoms with Crippen LogP contribution in [-0.4, -0.2) is 49.0 Å². The Kier molecular flexibility index (Phi) is 5.96. The van der Waals surface area contributed by atoms with Crippen LogP contribution in [0.3, 0.4) is 0 Å². The molecule has 0 bridgehead atoms. The van der Waals surface area contributed by atoms with Gasteiger partial charge in [0.05, 0.1) is 12.1 Å². The Morgan fingerprint density at radius 1 is 1.27 bits per heavy atom. The van der Waals surface area contributed by atoms with E-state index in [2.05, 4.69) is 10.3 Å². The number of rotatable bonds is 6. The second kappa shape index (κ2) is 8.57. The number of ether oxygens (including phenoxy) is 3. The molecule has 2 heterocycles. The molecule has 1 aliphatic heterocycles. The molecule has 0 saturated carbocycles. The lowest BCUT2D eigenvalue weighted by Crippen LogP contribution is -2.42. The molecule has 1 amide bonds. The van der Waals surface area contributed by atoms with Crippen molar-refractivity contribution in [2.24, 2.45) is 0 Å². The summed E-state index contributed by atoms with van der Waals surface area (Å²) in [5, 5.41) is 3.24. The molecule has 1 aromatic heterocycles. The summed E-state index contributed by atoms with van der Waals surface area (Å²) in [6, 6.07) is 10.6. The molecule has 1 unspecified atom stereocenters. The van der Waals surface area contributed by atoms with Crippen LogP contribution in [-0.2, 0) is 9.53 Å². The van der Waals surface area contributed by atoms with Crippen molar-refractivity contribution >= 4 is 23.6 Å². The van der Waals surface area contributed by atoms with E-state index in [9.17, 15) is 9.59 Å². The van der Waals surface area contributed by atoms with Crippen molar-refractivity contribution in [3.05, 3.63) is 48.2 Å². The van der Waals surface area contributed by atoms with Crippen LogP contribution in [0.1, 0.15) is 10.4 Å². The molecule has 0 spiro atoms. The number of para-hydroxylation sites is 2. The van der Waals surface area contributed by atoms with Crippen molar-refractivity contribution in [2.75, 3.05) is 26.0 Å². The number of nitrogens with one attached hydrogen (secondary N) is 1. The molecule has 136 valence electrons. The number of hydrogen-bond acceptors (Lipinski definition) is 7. The first-order chi connectivity index (χ1) is 12.7. The molecule has 1 aliphatic rings. The number of pyridine rings is 1. The number of nitrogens with zero attached hydrogens (tertiary/aromatic N) is 1. The lowest BCUT2D eigenvalue weighted by atomic mass is 10.2. The van der Waals surface area contributed by atoms with E-state index < -0.39 is 11.9 Å². The summed E-state index contributed by atoms with van der Waals surface area (Å²) in [6.07, 6.45) is 3.11. The summed E-state index contributed by atoms with van der Waals surface area (Å²) in [7, 11) is 0. The van der Waals surface area contributed by atoms with E-state index in [-0.39, 0.29) is 19.3 Å². The zero-order valence-corrected chi connectivity index (χ0v) is 15.0. The van der Waals surface area contributed by atoms with Gasteiger partial charge in [-0.1, -0.05) is 12.1 Å². The number of carbonyl (C=O) groups is 2. The number of benzene rings is 1. The number of fused-ring (bicyclic) bond motifs is 1. The minimum Gasteiger partial charge on any atom is -0.486 e. The molecule has 2 aromatic rings. The largest absolute Gasteiger partial charge is 0.486 e. The molecule has 8 heteroatoms. The van der Waals surface area contributed by atoms with E-state index in [0.717, 1.165) is 0 Å². The number of amides is 1. The Labute approximate surface area is 155 Å². The van der Waals surface area contributed by atoms with Gasteiger partial charge in [-0.15, -0.1) is 11.8 Å². The molecule has 1 N–H and O–H groups in total. The SMILES string of the molecule is CSc1ncccc1C(=O)OCC(=O)NCC1COc2ccccc2O1. The van der Waals surface area contributed by atoms with Crippen molar-refractivity contribution in [3.8, 4) is 11.5 Å². The third-order valence-corrected chi connectivity index (χ3v) is 4.33. The average Bonchev–Trinajstić information content (AvgIpc) is 2.70. The first kappa shape index (κ1) is 18.1. The van der Waals surface area contributed by atoms with Gasteiger partial charge in [-0.2, -0.15) is 0 Å². The van der Waals surface area contributed by atoms with Crippen molar-refractivity contribution < 1.29 is 23.8 Å². The van der Waals surface area contributed by atoms with Crippen molar-refractivity contribution in [1.29, 1.82) is 0 Å². The first-order valence-electron chi connectivity index (χ1n) is 7.98. The van der Waals surface area contributed by atoms with Crippen LogP contribution in [0.25, 0.3) is 0 Å². The fourth-order valence-electron chi connectivity index (χ4n) is 2.36. The topological polar surface area (TPSA) is 86.8 Å². The molecule has 3 rings (SSSR count). The third kappa shape index (κ3) is 4.45. The maximum absolute atomic E-state index is 12.1. The van der Waals surface area contributed by atoms with Crippen LogP contribution in [0.5, 0.6) is 11.5 Å². The number of thioether (sulfide) groups is 1. The molecule has 7 nitrogen and oxygen atoms in total. The van der Waals surface area contributed by atoms with Crippen LogP contribution in [0.15, 0.2) is 47.6 Å². The molecule has 0 fully saturated rings. The van der Waals surface area contributed by atoms with Gasteiger partial charge in [0.25, 0.3) is 5.91 Å². The monoisotopic (exact) mass is 374 g/mol. The van der Waals surface area contributed by atoms with Crippen LogP contribution in [0, 0.1) is 0 Å². The number of hydrogen-bond donors (Lipinski definition) is 1. The quantitative estimate of drug-likeness (QED) is 0.610. The minimum atomic E-state index is -0.580. The van der Waals surface area contributed by atoms with Gasteiger partial charge in [0.15, 0.2) is 18.1 Å². The van der Waals surface area contributed by atoms with Gasteiger partial charge in [0.1, 0.15) is 17.7 Å². The Hall–Kier alpha value is -2.74. The Morgan fingerprint density at radius 2 is 2.08 bits per heavy atom. The van der Waals surface area contributed by atoms with E-state index >= 15 is 0 Å². The molecule has 26 heavy (non-hydrogen) atoms. The third-order valence-electron chi connectivity index (χ3n) is 3.61. The second-order valence-electron chi connectivity index (χ2n) is 5.44. The van der Waals surface area contributed by atoms with Gasteiger partial charge < -0.3 is 19.5 Å².